The van der Waals surface area contributed by atoms with Crippen molar-refractivity contribution in [3.63, 3.8) is 0 Å². The van der Waals surface area contributed by atoms with E-state index in [1.54, 1.807) is 60.7 Å². The predicted molar refractivity (Wildman–Crippen MR) is 82.7 cm³/mol. The van der Waals surface area contributed by atoms with Gasteiger partial charge in [-0.3, -0.25) is 4.79 Å². The molecule has 24 heavy (non-hydrogen) atoms. The highest BCUT2D eigenvalue weighted by molar-refractivity contribution is 5.84. The molecule has 0 saturated heterocycles. The van der Waals surface area contributed by atoms with Crippen LogP contribution in [0.4, 0.5) is 0 Å². The number of aliphatic carboxylic acids is 2. The van der Waals surface area contributed by atoms with Gasteiger partial charge in [-0.2, -0.15) is 4.89 Å². The molecule has 0 heterocycles. The summed E-state index contributed by atoms with van der Waals surface area (Å²) >= 11 is 0. The zero-order valence-corrected chi connectivity index (χ0v) is 12.6. The summed E-state index contributed by atoms with van der Waals surface area (Å²) in [5.41, 5.74) is -2.20. The number of carboxylic acids is 2. The minimum atomic E-state index is -2.20. The van der Waals surface area contributed by atoms with Crippen molar-refractivity contribution >= 4 is 11.9 Å². The fraction of sp³-hybridized carbons (Fsp3) is 0.176. The minimum absolute atomic E-state index is 0.244. The Labute approximate surface area is 137 Å². The molecule has 0 aromatic heterocycles. The fourth-order valence-corrected chi connectivity index (χ4v) is 1.84. The average Bonchev–Trinajstić information content (AvgIpc) is 2.58. The molecule has 0 amide bonds. The van der Waals surface area contributed by atoms with Gasteiger partial charge in [-0.05, 0) is 24.3 Å². The van der Waals surface area contributed by atoms with E-state index in [0.29, 0.717) is 5.75 Å². The first-order valence-electron chi connectivity index (χ1n) is 7.06. The Balaban J connectivity index is 2.15. The van der Waals surface area contributed by atoms with Gasteiger partial charge in [0.1, 0.15) is 12.4 Å². The third-order valence-corrected chi connectivity index (χ3v) is 3.08. The molecule has 2 aromatic carbocycles. The van der Waals surface area contributed by atoms with Crippen LogP contribution in [0, 0.1) is 0 Å². The number of carboxylic acid groups (broad SMARTS) is 2. The van der Waals surface area contributed by atoms with Crippen molar-refractivity contribution < 1.29 is 34.3 Å². The number of ether oxygens (including phenoxy) is 1. The summed E-state index contributed by atoms with van der Waals surface area (Å²) in [6.45, 7) is -0.536. The molecule has 126 valence electrons. The maximum absolute atomic E-state index is 11.7. The third-order valence-electron chi connectivity index (χ3n) is 3.08. The van der Waals surface area contributed by atoms with Crippen LogP contribution in [0.25, 0.3) is 0 Å². The van der Waals surface area contributed by atoms with E-state index in [1.807, 2.05) is 0 Å². The Morgan fingerprint density at radius 2 is 1.42 bits per heavy atom. The van der Waals surface area contributed by atoms with Gasteiger partial charge in [0.05, 0.1) is 6.42 Å². The number of carbonyl (C=O) groups is 2. The van der Waals surface area contributed by atoms with E-state index in [-0.39, 0.29) is 5.75 Å². The van der Waals surface area contributed by atoms with Crippen LogP contribution >= 0.6 is 0 Å². The first-order chi connectivity index (χ1) is 11.5. The van der Waals surface area contributed by atoms with Gasteiger partial charge in [0.15, 0.2) is 5.75 Å². The number of hydrogen-bond acceptors (Lipinski definition) is 5. The Morgan fingerprint density at radius 1 is 0.875 bits per heavy atom. The second-order valence-electron chi connectivity index (χ2n) is 4.95. The summed E-state index contributed by atoms with van der Waals surface area (Å²) in [6.07, 6.45) is -0.831. The van der Waals surface area contributed by atoms with Crippen molar-refractivity contribution in [2.24, 2.45) is 0 Å². The maximum atomic E-state index is 11.7. The van der Waals surface area contributed by atoms with Crippen LogP contribution in [0.1, 0.15) is 6.42 Å². The molecular weight excluding hydrogens is 316 g/mol. The summed E-state index contributed by atoms with van der Waals surface area (Å²) < 4.78 is 5.37. The van der Waals surface area contributed by atoms with E-state index in [1.165, 1.54) is 0 Å². The highest BCUT2D eigenvalue weighted by Crippen LogP contribution is 2.22. The molecule has 1 atom stereocenters. The molecular formula is C17H16O7. The van der Waals surface area contributed by atoms with E-state index in [4.69, 9.17) is 19.6 Å². The number of para-hydroxylation sites is 2. The molecule has 7 heteroatoms. The summed E-state index contributed by atoms with van der Waals surface area (Å²) in [4.78, 5) is 32.7. The van der Waals surface area contributed by atoms with Gasteiger partial charge >= 0.3 is 11.9 Å². The zero-order chi connectivity index (χ0) is 17.4. The standard InChI is InChI=1S/C17H16O7/c18-15(19)11-17(16(20)21,12-22-13-7-3-1-4-8-13)24-23-14-9-5-2-6-10-14/h1-10H,11-12H2,(H,18,19)(H,20,21). The molecule has 0 aliphatic heterocycles. The Bertz CT molecular complexity index is 626. The lowest BCUT2D eigenvalue weighted by Crippen LogP contribution is -2.49. The van der Waals surface area contributed by atoms with Crippen molar-refractivity contribution in [1.82, 2.24) is 0 Å². The van der Waals surface area contributed by atoms with Gasteiger partial charge in [0.25, 0.3) is 5.60 Å². The summed E-state index contributed by atoms with van der Waals surface area (Å²) in [7, 11) is 0. The molecule has 2 rings (SSSR count). The second-order valence-corrected chi connectivity index (χ2v) is 4.95. The maximum Gasteiger partial charge on any atom is 0.344 e. The van der Waals surface area contributed by atoms with Crippen molar-refractivity contribution in [1.29, 1.82) is 0 Å². The molecule has 0 radical (unpaired) electrons. The molecule has 0 saturated carbocycles. The van der Waals surface area contributed by atoms with E-state index < -0.39 is 30.6 Å². The first kappa shape index (κ1) is 17.3. The van der Waals surface area contributed by atoms with Crippen LogP contribution < -0.4 is 9.62 Å². The molecule has 0 aliphatic rings. The topological polar surface area (TPSA) is 102 Å². The van der Waals surface area contributed by atoms with Gasteiger partial charge in [-0.25, -0.2) is 4.79 Å². The van der Waals surface area contributed by atoms with E-state index in [2.05, 4.69) is 0 Å². The summed E-state index contributed by atoms with van der Waals surface area (Å²) in [5.74, 6) is -2.23. The molecule has 7 nitrogen and oxygen atoms in total. The Hall–Kier alpha value is -3.06. The second kappa shape index (κ2) is 7.98. The quantitative estimate of drug-likeness (QED) is 0.537. The van der Waals surface area contributed by atoms with Crippen LogP contribution in [-0.4, -0.2) is 34.4 Å². The zero-order valence-electron chi connectivity index (χ0n) is 12.6. The molecule has 0 bridgehead atoms. The number of hydrogen-bond donors (Lipinski definition) is 2. The molecule has 2 N–H and O–H groups in total. The number of rotatable bonds is 9. The molecule has 0 aliphatic carbocycles. The summed E-state index contributed by atoms with van der Waals surface area (Å²) in [5, 5.41) is 18.5. The lowest BCUT2D eigenvalue weighted by Gasteiger charge is -2.26. The highest BCUT2D eigenvalue weighted by Gasteiger charge is 2.46. The third kappa shape index (κ3) is 4.72. The molecule has 2 aromatic rings. The molecule has 0 spiro atoms. The first-order valence-corrected chi connectivity index (χ1v) is 7.06. The summed E-state index contributed by atoms with van der Waals surface area (Å²) in [6, 6.07) is 16.6. The predicted octanol–water partition coefficient (Wildman–Crippen LogP) is 2.37. The van der Waals surface area contributed by atoms with E-state index >= 15 is 0 Å². The van der Waals surface area contributed by atoms with Crippen molar-refractivity contribution in [2.45, 2.75) is 12.0 Å². The smallest absolute Gasteiger partial charge is 0.344 e. The Kier molecular flexibility index (Phi) is 5.75. The normalized spacial score (nSPS) is 12.8. The highest BCUT2D eigenvalue weighted by atomic mass is 17.2. The minimum Gasteiger partial charge on any atom is -0.490 e. The van der Waals surface area contributed by atoms with Crippen LogP contribution in [-0.2, 0) is 14.5 Å². The SMILES string of the molecule is O=C(O)CC(COc1ccccc1)(OOc1ccccc1)C(=O)O. The number of benzene rings is 2. The Morgan fingerprint density at radius 3 is 1.92 bits per heavy atom. The van der Waals surface area contributed by atoms with Gasteiger partial charge in [-0.15, -0.1) is 0 Å². The van der Waals surface area contributed by atoms with Crippen molar-refractivity contribution in [3.8, 4) is 11.5 Å². The lowest BCUT2D eigenvalue weighted by atomic mass is 10.0. The fourth-order valence-electron chi connectivity index (χ4n) is 1.84. The van der Waals surface area contributed by atoms with E-state index in [9.17, 15) is 14.7 Å². The largest absolute Gasteiger partial charge is 0.490 e. The van der Waals surface area contributed by atoms with Gasteiger partial charge in [-0.1, -0.05) is 36.4 Å². The van der Waals surface area contributed by atoms with Gasteiger partial charge in [0, 0.05) is 0 Å². The molecule has 0 fully saturated rings. The van der Waals surface area contributed by atoms with Crippen molar-refractivity contribution in [2.75, 3.05) is 6.61 Å². The monoisotopic (exact) mass is 332 g/mol. The van der Waals surface area contributed by atoms with E-state index in [0.717, 1.165) is 0 Å². The lowest BCUT2D eigenvalue weighted by molar-refractivity contribution is -0.295. The van der Waals surface area contributed by atoms with Gasteiger partial charge in [0.2, 0.25) is 0 Å². The van der Waals surface area contributed by atoms with Crippen LogP contribution in [0.3, 0.4) is 0 Å². The van der Waals surface area contributed by atoms with Crippen LogP contribution in [0.5, 0.6) is 11.5 Å². The van der Waals surface area contributed by atoms with Crippen LogP contribution in [0.2, 0.25) is 0 Å². The van der Waals surface area contributed by atoms with Crippen molar-refractivity contribution in [3.05, 3.63) is 60.7 Å². The molecule has 1 unspecified atom stereocenters. The van der Waals surface area contributed by atoms with Gasteiger partial charge < -0.3 is 19.8 Å². The average molecular weight is 332 g/mol. The van der Waals surface area contributed by atoms with Crippen LogP contribution in [0.15, 0.2) is 60.7 Å².